The van der Waals surface area contributed by atoms with E-state index in [1.54, 1.807) is 28.0 Å². The van der Waals surface area contributed by atoms with Crippen molar-refractivity contribution in [1.82, 2.24) is 20.0 Å². The number of nitrogens with one attached hydrogen (secondary N) is 1. The SMILES string of the molecule is O=C(NC1(C(F)(F)F)CCCCC1)N1CCCC1Cn1cccn1. The number of likely N-dealkylation sites (tertiary alicyclic amines) is 1. The summed E-state index contributed by atoms with van der Waals surface area (Å²) in [5.74, 6) is 0. The third-order valence-corrected chi connectivity index (χ3v) is 5.19. The number of nitrogens with zero attached hydrogens (tertiary/aromatic N) is 3. The number of alkyl halides is 3. The van der Waals surface area contributed by atoms with Gasteiger partial charge in [-0.15, -0.1) is 0 Å². The van der Waals surface area contributed by atoms with Crippen molar-refractivity contribution in [1.29, 1.82) is 0 Å². The van der Waals surface area contributed by atoms with Crippen LogP contribution in [0.5, 0.6) is 0 Å². The van der Waals surface area contributed by atoms with Gasteiger partial charge in [0.2, 0.25) is 0 Å². The van der Waals surface area contributed by atoms with Crippen molar-refractivity contribution >= 4 is 6.03 Å². The van der Waals surface area contributed by atoms with Crippen molar-refractivity contribution in [3.05, 3.63) is 18.5 Å². The minimum atomic E-state index is -4.42. The molecule has 1 atom stereocenters. The summed E-state index contributed by atoms with van der Waals surface area (Å²) in [5, 5.41) is 6.48. The summed E-state index contributed by atoms with van der Waals surface area (Å²) in [6.45, 7) is 1.01. The number of carbonyl (C=O) groups excluding carboxylic acids is 1. The molecule has 8 heteroatoms. The van der Waals surface area contributed by atoms with Crippen LogP contribution in [0.4, 0.5) is 18.0 Å². The van der Waals surface area contributed by atoms with E-state index in [1.165, 1.54) is 0 Å². The van der Waals surface area contributed by atoms with Crippen molar-refractivity contribution in [2.24, 2.45) is 0 Å². The van der Waals surface area contributed by atoms with Crippen LogP contribution >= 0.6 is 0 Å². The van der Waals surface area contributed by atoms with Crippen LogP contribution in [0, 0.1) is 0 Å². The standard InChI is InChI=1S/C16H23F3N4O/c17-16(18,19)15(7-2-1-3-8-15)21-14(24)23-11-4-6-13(23)12-22-10-5-9-20-22/h5,9-10,13H,1-4,6-8,11-12H2,(H,21,24). The van der Waals surface area contributed by atoms with Crippen LogP contribution in [0.25, 0.3) is 0 Å². The number of rotatable bonds is 3. The van der Waals surface area contributed by atoms with Crippen LogP contribution in [-0.4, -0.2) is 45.0 Å². The quantitative estimate of drug-likeness (QED) is 0.914. The monoisotopic (exact) mass is 344 g/mol. The van der Waals surface area contributed by atoms with Gasteiger partial charge in [-0.05, 0) is 31.7 Å². The zero-order valence-corrected chi connectivity index (χ0v) is 13.6. The van der Waals surface area contributed by atoms with Crippen molar-refractivity contribution in [3.8, 4) is 0 Å². The highest BCUT2D eigenvalue weighted by atomic mass is 19.4. The van der Waals surface area contributed by atoms with E-state index in [-0.39, 0.29) is 18.9 Å². The maximum Gasteiger partial charge on any atom is 0.411 e. The molecule has 1 aromatic rings. The lowest BCUT2D eigenvalue weighted by Crippen LogP contribution is -2.62. The van der Waals surface area contributed by atoms with Gasteiger partial charge < -0.3 is 10.2 Å². The topological polar surface area (TPSA) is 50.2 Å². The summed E-state index contributed by atoms with van der Waals surface area (Å²) in [4.78, 5) is 14.1. The summed E-state index contributed by atoms with van der Waals surface area (Å²) in [6.07, 6.45) is 2.35. The van der Waals surface area contributed by atoms with E-state index in [1.807, 2.05) is 0 Å². The zero-order valence-electron chi connectivity index (χ0n) is 13.6. The molecule has 0 radical (unpaired) electrons. The number of amides is 2. The van der Waals surface area contributed by atoms with Crippen molar-refractivity contribution in [3.63, 3.8) is 0 Å². The van der Waals surface area contributed by atoms with Gasteiger partial charge in [0.25, 0.3) is 0 Å². The van der Waals surface area contributed by atoms with E-state index in [0.717, 1.165) is 19.3 Å². The first-order valence-corrected chi connectivity index (χ1v) is 8.54. The van der Waals surface area contributed by atoms with Gasteiger partial charge in [-0.2, -0.15) is 18.3 Å². The van der Waals surface area contributed by atoms with Crippen LogP contribution < -0.4 is 5.32 Å². The maximum absolute atomic E-state index is 13.6. The maximum atomic E-state index is 13.6. The number of hydrogen-bond donors (Lipinski definition) is 1. The first-order valence-electron chi connectivity index (χ1n) is 8.54. The Labute approximate surface area is 139 Å². The molecule has 1 N–H and O–H groups in total. The molecular weight excluding hydrogens is 321 g/mol. The van der Waals surface area contributed by atoms with E-state index in [0.29, 0.717) is 25.9 Å². The molecule has 2 aliphatic rings. The second kappa shape index (κ2) is 6.64. The van der Waals surface area contributed by atoms with Crippen LogP contribution in [0.1, 0.15) is 44.9 Å². The lowest BCUT2D eigenvalue weighted by Gasteiger charge is -2.41. The predicted octanol–water partition coefficient (Wildman–Crippen LogP) is 3.32. The van der Waals surface area contributed by atoms with Crippen molar-refractivity contribution in [2.45, 2.75) is 69.2 Å². The molecular formula is C16H23F3N4O. The van der Waals surface area contributed by atoms with Gasteiger partial charge in [0.1, 0.15) is 5.54 Å². The number of hydrogen-bond acceptors (Lipinski definition) is 2. The molecule has 2 amide bonds. The number of carbonyl (C=O) groups is 1. The Bertz CT molecular complexity index is 552. The molecule has 1 saturated heterocycles. The Morgan fingerprint density at radius 2 is 2.00 bits per heavy atom. The fraction of sp³-hybridized carbons (Fsp3) is 0.750. The minimum absolute atomic E-state index is 0.0279. The van der Waals surface area contributed by atoms with Gasteiger partial charge >= 0.3 is 12.2 Å². The summed E-state index contributed by atoms with van der Waals surface area (Å²) in [5.41, 5.74) is -2.07. The van der Waals surface area contributed by atoms with Gasteiger partial charge in [-0.25, -0.2) is 4.79 Å². The minimum Gasteiger partial charge on any atom is -0.323 e. The average Bonchev–Trinajstić information content (AvgIpc) is 3.19. The lowest BCUT2D eigenvalue weighted by atomic mass is 9.81. The van der Waals surface area contributed by atoms with Crippen LogP contribution in [0.15, 0.2) is 18.5 Å². The summed E-state index contributed by atoms with van der Waals surface area (Å²) in [7, 11) is 0. The van der Waals surface area contributed by atoms with Gasteiger partial charge in [0.05, 0.1) is 12.6 Å². The molecule has 1 aromatic heterocycles. The van der Waals surface area contributed by atoms with E-state index >= 15 is 0 Å². The molecule has 3 rings (SSSR count). The first kappa shape index (κ1) is 17.1. The Balaban J connectivity index is 1.70. The molecule has 2 fully saturated rings. The first-order chi connectivity index (χ1) is 11.4. The van der Waals surface area contributed by atoms with Crippen molar-refractivity contribution in [2.75, 3.05) is 6.54 Å². The zero-order chi connectivity index (χ0) is 17.2. The number of aromatic nitrogens is 2. The van der Waals surface area contributed by atoms with Gasteiger partial charge in [0.15, 0.2) is 0 Å². The highest BCUT2D eigenvalue weighted by molar-refractivity contribution is 5.76. The highest BCUT2D eigenvalue weighted by Crippen LogP contribution is 2.41. The molecule has 1 aliphatic heterocycles. The fourth-order valence-electron chi connectivity index (χ4n) is 3.83. The molecule has 24 heavy (non-hydrogen) atoms. The largest absolute Gasteiger partial charge is 0.411 e. The fourth-order valence-corrected chi connectivity index (χ4v) is 3.83. The second-order valence-electron chi connectivity index (χ2n) is 6.79. The third kappa shape index (κ3) is 3.37. The molecule has 0 bridgehead atoms. The van der Waals surface area contributed by atoms with Gasteiger partial charge in [-0.3, -0.25) is 4.68 Å². The van der Waals surface area contributed by atoms with E-state index in [4.69, 9.17) is 0 Å². The number of urea groups is 1. The van der Waals surface area contributed by atoms with E-state index < -0.39 is 17.7 Å². The number of halogens is 3. The second-order valence-corrected chi connectivity index (χ2v) is 6.79. The molecule has 5 nitrogen and oxygen atoms in total. The van der Waals surface area contributed by atoms with Crippen molar-refractivity contribution < 1.29 is 18.0 Å². The average molecular weight is 344 g/mol. The Kier molecular flexibility index (Phi) is 4.73. The third-order valence-electron chi connectivity index (χ3n) is 5.19. The van der Waals surface area contributed by atoms with Crippen LogP contribution in [0.2, 0.25) is 0 Å². The van der Waals surface area contributed by atoms with E-state index in [2.05, 4.69) is 10.4 Å². The summed E-state index contributed by atoms with van der Waals surface area (Å²) in [6, 6.07) is 1.09. The Morgan fingerprint density at radius 3 is 2.62 bits per heavy atom. The van der Waals surface area contributed by atoms with Crippen LogP contribution in [-0.2, 0) is 6.54 Å². The lowest BCUT2D eigenvalue weighted by molar-refractivity contribution is -0.202. The highest BCUT2D eigenvalue weighted by Gasteiger charge is 2.56. The molecule has 2 heterocycles. The van der Waals surface area contributed by atoms with Gasteiger partial charge in [0, 0.05) is 18.9 Å². The predicted molar refractivity (Wildman–Crippen MR) is 82.4 cm³/mol. The Morgan fingerprint density at radius 1 is 1.25 bits per heavy atom. The Hall–Kier alpha value is -1.73. The summed E-state index contributed by atoms with van der Waals surface area (Å²) < 4.78 is 42.5. The molecule has 0 spiro atoms. The molecule has 134 valence electrons. The van der Waals surface area contributed by atoms with Gasteiger partial charge in [-0.1, -0.05) is 19.3 Å². The molecule has 0 aromatic carbocycles. The smallest absolute Gasteiger partial charge is 0.323 e. The van der Waals surface area contributed by atoms with E-state index in [9.17, 15) is 18.0 Å². The normalized spacial score (nSPS) is 24.1. The molecule has 1 unspecified atom stereocenters. The van der Waals surface area contributed by atoms with Crippen LogP contribution in [0.3, 0.4) is 0 Å². The molecule has 1 aliphatic carbocycles. The molecule has 1 saturated carbocycles. The summed E-state index contributed by atoms with van der Waals surface area (Å²) >= 11 is 0.